The molecule has 4 heteroatoms. The van der Waals surface area contributed by atoms with Crippen molar-refractivity contribution in [3.05, 3.63) is 28.8 Å². The van der Waals surface area contributed by atoms with Crippen LogP contribution in [0.25, 0.3) is 0 Å². The van der Waals surface area contributed by atoms with E-state index in [0.29, 0.717) is 5.02 Å². The van der Waals surface area contributed by atoms with Gasteiger partial charge in [0.2, 0.25) is 0 Å². The van der Waals surface area contributed by atoms with Gasteiger partial charge in [0.15, 0.2) is 0 Å². The minimum Gasteiger partial charge on any atom is -0.475 e. The van der Waals surface area contributed by atoms with Crippen LogP contribution >= 0.6 is 11.6 Å². The molecule has 1 aromatic carbocycles. The Morgan fingerprint density at radius 3 is 2.65 bits per heavy atom. The van der Waals surface area contributed by atoms with E-state index in [2.05, 4.69) is 5.32 Å². The minimum atomic E-state index is -0.361. The number of rotatable bonds is 5. The van der Waals surface area contributed by atoms with Gasteiger partial charge in [0.25, 0.3) is 0 Å². The van der Waals surface area contributed by atoms with E-state index in [1.165, 1.54) is 0 Å². The zero-order valence-electron chi connectivity index (χ0n) is 10.7. The van der Waals surface area contributed by atoms with Crippen LogP contribution in [0.3, 0.4) is 0 Å². The molecule has 0 fully saturated rings. The number of aryl methyl sites for hydroxylation is 1. The second-order valence-electron chi connectivity index (χ2n) is 4.86. The fourth-order valence-electron chi connectivity index (χ4n) is 1.56. The first-order valence-electron chi connectivity index (χ1n) is 5.65. The molecular formula is C13H20ClNO2. The monoisotopic (exact) mass is 257 g/mol. The summed E-state index contributed by atoms with van der Waals surface area (Å²) < 4.78 is 5.76. The first kappa shape index (κ1) is 14.3. The molecule has 0 aliphatic rings. The quantitative estimate of drug-likeness (QED) is 0.797. The molecule has 0 bridgehead atoms. The first-order valence-corrected chi connectivity index (χ1v) is 6.03. The average molecular weight is 258 g/mol. The summed E-state index contributed by atoms with van der Waals surface area (Å²) in [5.74, 6) is 0.795. The molecule has 1 unspecified atom stereocenters. The minimum absolute atomic E-state index is 0.0559. The van der Waals surface area contributed by atoms with Gasteiger partial charge in [-0.25, -0.2) is 0 Å². The highest BCUT2D eigenvalue weighted by Gasteiger charge is 2.19. The van der Waals surface area contributed by atoms with Crippen molar-refractivity contribution in [3.63, 3.8) is 0 Å². The number of aliphatic hydroxyl groups is 1. The van der Waals surface area contributed by atoms with Crippen molar-refractivity contribution in [3.8, 4) is 5.75 Å². The molecule has 0 aliphatic heterocycles. The summed E-state index contributed by atoms with van der Waals surface area (Å²) >= 11 is 5.88. The smallest absolute Gasteiger partial charge is 0.147 e. The molecule has 17 heavy (non-hydrogen) atoms. The molecule has 1 aromatic rings. The Kier molecular flexibility index (Phi) is 4.80. The van der Waals surface area contributed by atoms with Crippen LogP contribution in [0.5, 0.6) is 5.75 Å². The Morgan fingerprint density at radius 1 is 1.47 bits per heavy atom. The Hall–Kier alpha value is -0.770. The van der Waals surface area contributed by atoms with Crippen molar-refractivity contribution in [1.82, 2.24) is 5.32 Å². The number of halogens is 1. The van der Waals surface area contributed by atoms with Crippen LogP contribution in [-0.2, 0) is 0 Å². The van der Waals surface area contributed by atoms with Gasteiger partial charge in [0.1, 0.15) is 12.0 Å². The molecule has 96 valence electrons. The van der Waals surface area contributed by atoms with Crippen LogP contribution in [0.15, 0.2) is 18.2 Å². The molecule has 0 aliphatic carbocycles. The number of benzene rings is 1. The lowest BCUT2D eigenvalue weighted by molar-refractivity contribution is 0.102. The SMILES string of the molecule is Cc1cc(Cl)ccc1OC(C)NC(C)(C)CO. The molecule has 0 amide bonds. The van der Waals surface area contributed by atoms with Gasteiger partial charge in [-0.1, -0.05) is 11.6 Å². The highest BCUT2D eigenvalue weighted by atomic mass is 35.5. The lowest BCUT2D eigenvalue weighted by Gasteiger charge is -2.28. The van der Waals surface area contributed by atoms with Crippen molar-refractivity contribution in [1.29, 1.82) is 0 Å². The summed E-state index contributed by atoms with van der Waals surface area (Å²) in [6.45, 7) is 7.75. The lowest BCUT2D eigenvalue weighted by atomic mass is 10.1. The fourth-order valence-corrected chi connectivity index (χ4v) is 1.79. The number of hydrogen-bond donors (Lipinski definition) is 2. The van der Waals surface area contributed by atoms with E-state index in [9.17, 15) is 0 Å². The van der Waals surface area contributed by atoms with Gasteiger partial charge in [-0.05, 0) is 51.5 Å². The van der Waals surface area contributed by atoms with Gasteiger partial charge in [-0.3, -0.25) is 5.32 Å². The largest absolute Gasteiger partial charge is 0.475 e. The fraction of sp³-hybridized carbons (Fsp3) is 0.538. The molecule has 0 spiro atoms. The standard InChI is InChI=1S/C13H20ClNO2/c1-9-7-11(14)5-6-12(9)17-10(2)15-13(3,4)8-16/h5-7,10,15-16H,8H2,1-4H3. The molecule has 0 radical (unpaired) electrons. The Bertz CT molecular complexity index is 380. The average Bonchev–Trinajstić information content (AvgIpc) is 2.21. The third-order valence-corrected chi connectivity index (χ3v) is 2.67. The lowest BCUT2D eigenvalue weighted by Crippen LogP contribution is -2.49. The Labute approximate surface area is 108 Å². The van der Waals surface area contributed by atoms with E-state index in [1.54, 1.807) is 6.07 Å². The topological polar surface area (TPSA) is 41.5 Å². The zero-order chi connectivity index (χ0) is 13.1. The van der Waals surface area contributed by atoms with Crippen LogP contribution in [-0.4, -0.2) is 23.5 Å². The maximum absolute atomic E-state index is 9.16. The molecule has 1 atom stereocenters. The van der Waals surface area contributed by atoms with E-state index >= 15 is 0 Å². The normalized spacial score (nSPS) is 13.5. The van der Waals surface area contributed by atoms with E-state index in [-0.39, 0.29) is 18.4 Å². The summed E-state index contributed by atoms with van der Waals surface area (Å²) in [6.07, 6.45) is -0.183. The second-order valence-corrected chi connectivity index (χ2v) is 5.29. The van der Waals surface area contributed by atoms with Gasteiger partial charge in [0.05, 0.1) is 6.61 Å². The van der Waals surface area contributed by atoms with E-state index < -0.39 is 0 Å². The first-order chi connectivity index (χ1) is 7.84. The second kappa shape index (κ2) is 5.71. The summed E-state index contributed by atoms with van der Waals surface area (Å²) in [5, 5.41) is 13.1. The van der Waals surface area contributed by atoms with Crippen molar-refractivity contribution >= 4 is 11.6 Å². The predicted molar refractivity (Wildman–Crippen MR) is 70.6 cm³/mol. The number of hydrogen-bond acceptors (Lipinski definition) is 3. The van der Waals surface area contributed by atoms with Crippen molar-refractivity contribution in [2.45, 2.75) is 39.5 Å². The molecule has 0 saturated heterocycles. The maximum Gasteiger partial charge on any atom is 0.147 e. The van der Waals surface area contributed by atoms with Crippen molar-refractivity contribution in [2.24, 2.45) is 0 Å². The van der Waals surface area contributed by atoms with Crippen LogP contribution in [0.4, 0.5) is 0 Å². The van der Waals surface area contributed by atoms with Crippen LogP contribution in [0, 0.1) is 6.92 Å². The van der Waals surface area contributed by atoms with Gasteiger partial charge < -0.3 is 9.84 Å². The molecule has 2 N–H and O–H groups in total. The summed E-state index contributed by atoms with van der Waals surface area (Å²) in [7, 11) is 0. The zero-order valence-corrected chi connectivity index (χ0v) is 11.5. The van der Waals surface area contributed by atoms with Gasteiger partial charge in [-0.15, -0.1) is 0 Å². The number of nitrogens with one attached hydrogen (secondary N) is 1. The van der Waals surface area contributed by atoms with Gasteiger partial charge in [0, 0.05) is 10.6 Å². The van der Waals surface area contributed by atoms with E-state index in [4.69, 9.17) is 21.4 Å². The highest BCUT2D eigenvalue weighted by molar-refractivity contribution is 6.30. The van der Waals surface area contributed by atoms with E-state index in [0.717, 1.165) is 11.3 Å². The molecule has 0 heterocycles. The summed E-state index contributed by atoms with van der Waals surface area (Å²) in [4.78, 5) is 0. The van der Waals surface area contributed by atoms with Crippen molar-refractivity contribution in [2.75, 3.05) is 6.61 Å². The van der Waals surface area contributed by atoms with Crippen LogP contribution in [0.1, 0.15) is 26.3 Å². The number of aliphatic hydroxyl groups excluding tert-OH is 1. The number of ether oxygens (including phenoxy) is 1. The molecule has 1 rings (SSSR count). The Balaban J connectivity index is 2.65. The van der Waals surface area contributed by atoms with Crippen LogP contribution < -0.4 is 10.1 Å². The predicted octanol–water partition coefficient (Wildman–Crippen LogP) is 2.73. The molecule has 0 aromatic heterocycles. The third kappa shape index (κ3) is 4.54. The maximum atomic E-state index is 9.16. The van der Waals surface area contributed by atoms with Gasteiger partial charge >= 0.3 is 0 Å². The molecule has 3 nitrogen and oxygen atoms in total. The molecular weight excluding hydrogens is 238 g/mol. The van der Waals surface area contributed by atoms with Crippen molar-refractivity contribution < 1.29 is 9.84 Å². The third-order valence-electron chi connectivity index (χ3n) is 2.43. The van der Waals surface area contributed by atoms with Crippen LogP contribution in [0.2, 0.25) is 5.02 Å². The van der Waals surface area contributed by atoms with Gasteiger partial charge in [-0.2, -0.15) is 0 Å². The van der Waals surface area contributed by atoms with E-state index in [1.807, 2.05) is 39.8 Å². The summed E-state index contributed by atoms with van der Waals surface area (Å²) in [5.41, 5.74) is 0.632. The Morgan fingerprint density at radius 2 is 2.12 bits per heavy atom. The molecule has 0 saturated carbocycles. The highest BCUT2D eigenvalue weighted by Crippen LogP contribution is 2.22. The summed E-state index contributed by atoms with van der Waals surface area (Å²) in [6, 6.07) is 5.51.